The molecule has 0 radical (unpaired) electrons. The Hall–Kier alpha value is -1.27. The molecule has 0 amide bonds. The maximum Gasteiger partial charge on any atom is 0.573 e. The predicted octanol–water partition coefficient (Wildman–Crippen LogP) is 3.24. The van der Waals surface area contributed by atoms with E-state index in [-0.39, 0.29) is 11.9 Å². The van der Waals surface area contributed by atoms with Gasteiger partial charge < -0.3 is 14.8 Å². The van der Waals surface area contributed by atoms with Gasteiger partial charge in [0.2, 0.25) is 0 Å². The van der Waals surface area contributed by atoms with Gasteiger partial charge in [0.25, 0.3) is 0 Å². The van der Waals surface area contributed by atoms with Crippen molar-refractivity contribution < 1.29 is 22.6 Å². The van der Waals surface area contributed by atoms with E-state index in [0.717, 1.165) is 18.6 Å². The summed E-state index contributed by atoms with van der Waals surface area (Å²) in [7, 11) is 0. The van der Waals surface area contributed by atoms with Crippen molar-refractivity contribution in [2.75, 3.05) is 6.61 Å². The summed E-state index contributed by atoms with van der Waals surface area (Å²) in [5, 5.41) is 3.40. The van der Waals surface area contributed by atoms with Gasteiger partial charge in [0.1, 0.15) is 5.75 Å². The van der Waals surface area contributed by atoms with Crippen molar-refractivity contribution in [2.24, 2.45) is 5.92 Å². The van der Waals surface area contributed by atoms with Crippen molar-refractivity contribution in [1.29, 1.82) is 0 Å². The van der Waals surface area contributed by atoms with Crippen LogP contribution in [0.5, 0.6) is 5.75 Å². The number of hydrogen-bond acceptors (Lipinski definition) is 3. The Morgan fingerprint density at radius 2 is 2.05 bits per heavy atom. The van der Waals surface area contributed by atoms with Gasteiger partial charge in [-0.1, -0.05) is 12.1 Å². The molecule has 1 heterocycles. The number of halogens is 3. The average Bonchev–Trinajstić information content (AvgIpc) is 3.14. The Labute approximate surface area is 121 Å². The largest absolute Gasteiger partial charge is 0.573 e. The standard InChI is InChI=1S/C15H18F3NO2/c16-15(17,18)21-12-3-1-2-10(8-12)9-19-13-6-7-20-14(13)11-4-5-11/h1-3,8,11,13-14,19H,4-7,9H2. The second-order valence-electron chi connectivity index (χ2n) is 5.64. The third-order valence-electron chi connectivity index (χ3n) is 3.92. The van der Waals surface area contributed by atoms with Gasteiger partial charge in [-0.05, 0) is 42.9 Å². The summed E-state index contributed by atoms with van der Waals surface area (Å²) in [4.78, 5) is 0. The highest BCUT2D eigenvalue weighted by Gasteiger charge is 2.40. The maximum atomic E-state index is 12.2. The van der Waals surface area contributed by atoms with Gasteiger partial charge in [0, 0.05) is 19.2 Å². The van der Waals surface area contributed by atoms with Gasteiger partial charge in [-0.3, -0.25) is 0 Å². The summed E-state index contributed by atoms with van der Waals surface area (Å²) in [6, 6.07) is 6.38. The molecule has 116 valence electrons. The molecule has 2 fully saturated rings. The van der Waals surface area contributed by atoms with Crippen molar-refractivity contribution in [3.8, 4) is 5.75 Å². The van der Waals surface area contributed by atoms with Crippen LogP contribution in [0.15, 0.2) is 24.3 Å². The number of hydrogen-bond donors (Lipinski definition) is 1. The number of nitrogens with one attached hydrogen (secondary N) is 1. The fourth-order valence-electron chi connectivity index (χ4n) is 2.82. The quantitative estimate of drug-likeness (QED) is 0.905. The lowest BCUT2D eigenvalue weighted by molar-refractivity contribution is -0.274. The summed E-state index contributed by atoms with van der Waals surface area (Å²) in [5.41, 5.74) is 0.776. The second kappa shape index (κ2) is 5.85. The van der Waals surface area contributed by atoms with Crippen LogP contribution in [-0.4, -0.2) is 25.1 Å². The molecule has 2 atom stereocenters. The van der Waals surface area contributed by atoms with E-state index in [4.69, 9.17) is 4.74 Å². The van der Waals surface area contributed by atoms with E-state index in [0.29, 0.717) is 18.5 Å². The zero-order valence-electron chi connectivity index (χ0n) is 11.5. The average molecular weight is 301 g/mol. The van der Waals surface area contributed by atoms with Gasteiger partial charge in [-0.15, -0.1) is 13.2 Å². The Bertz CT molecular complexity index is 488. The summed E-state index contributed by atoms with van der Waals surface area (Å²) in [6.45, 7) is 1.28. The van der Waals surface area contributed by atoms with Gasteiger partial charge in [-0.2, -0.15) is 0 Å². The van der Waals surface area contributed by atoms with Crippen LogP contribution >= 0.6 is 0 Å². The van der Waals surface area contributed by atoms with Gasteiger partial charge >= 0.3 is 6.36 Å². The lowest BCUT2D eigenvalue weighted by Gasteiger charge is -2.19. The molecule has 1 saturated heterocycles. The first-order valence-corrected chi connectivity index (χ1v) is 7.21. The van der Waals surface area contributed by atoms with E-state index in [2.05, 4.69) is 10.1 Å². The number of benzene rings is 1. The third kappa shape index (κ3) is 4.11. The lowest BCUT2D eigenvalue weighted by Crippen LogP contribution is -2.37. The number of alkyl halides is 3. The molecule has 0 bridgehead atoms. The molecule has 2 aliphatic rings. The molecule has 1 aliphatic carbocycles. The summed E-state index contributed by atoms with van der Waals surface area (Å²) in [5.74, 6) is 0.480. The third-order valence-corrected chi connectivity index (χ3v) is 3.92. The smallest absolute Gasteiger partial charge is 0.406 e. The molecule has 0 spiro atoms. The predicted molar refractivity (Wildman–Crippen MR) is 70.8 cm³/mol. The fraction of sp³-hybridized carbons (Fsp3) is 0.600. The molecule has 0 aromatic heterocycles. The minimum atomic E-state index is -4.65. The minimum Gasteiger partial charge on any atom is -0.406 e. The molecular formula is C15H18F3NO2. The van der Waals surface area contributed by atoms with E-state index in [1.165, 1.54) is 25.0 Å². The molecular weight excluding hydrogens is 283 g/mol. The van der Waals surface area contributed by atoms with Crippen LogP contribution in [0.4, 0.5) is 13.2 Å². The summed E-state index contributed by atoms with van der Waals surface area (Å²) in [6.07, 6.45) is -0.989. The normalized spacial score (nSPS) is 26.0. The molecule has 1 saturated carbocycles. The van der Waals surface area contributed by atoms with Crippen molar-refractivity contribution in [1.82, 2.24) is 5.32 Å². The zero-order valence-corrected chi connectivity index (χ0v) is 11.5. The van der Waals surface area contributed by atoms with E-state index >= 15 is 0 Å². The van der Waals surface area contributed by atoms with Gasteiger partial charge in [-0.25, -0.2) is 0 Å². The highest BCUT2D eigenvalue weighted by atomic mass is 19.4. The van der Waals surface area contributed by atoms with Crippen molar-refractivity contribution in [2.45, 2.75) is 44.3 Å². The Morgan fingerprint density at radius 1 is 1.24 bits per heavy atom. The molecule has 1 aromatic carbocycles. The van der Waals surface area contributed by atoms with Crippen LogP contribution < -0.4 is 10.1 Å². The first-order valence-electron chi connectivity index (χ1n) is 7.21. The molecule has 3 rings (SSSR count). The van der Waals surface area contributed by atoms with Crippen LogP contribution in [0.3, 0.4) is 0 Å². The minimum absolute atomic E-state index is 0.178. The lowest BCUT2D eigenvalue weighted by atomic mass is 10.1. The molecule has 1 aromatic rings. The number of ether oxygens (including phenoxy) is 2. The Morgan fingerprint density at radius 3 is 2.76 bits per heavy atom. The highest BCUT2D eigenvalue weighted by molar-refractivity contribution is 5.28. The topological polar surface area (TPSA) is 30.5 Å². The first kappa shape index (κ1) is 14.7. The number of rotatable bonds is 5. The summed E-state index contributed by atoms with van der Waals surface area (Å²) >= 11 is 0. The van der Waals surface area contributed by atoms with Crippen LogP contribution in [-0.2, 0) is 11.3 Å². The monoisotopic (exact) mass is 301 g/mol. The van der Waals surface area contributed by atoms with Crippen molar-refractivity contribution in [3.63, 3.8) is 0 Å². The molecule has 6 heteroatoms. The van der Waals surface area contributed by atoms with Gasteiger partial charge in [0.15, 0.2) is 0 Å². The van der Waals surface area contributed by atoms with Crippen LogP contribution in [0.1, 0.15) is 24.8 Å². The van der Waals surface area contributed by atoms with E-state index < -0.39 is 6.36 Å². The van der Waals surface area contributed by atoms with E-state index in [9.17, 15) is 13.2 Å². The maximum absolute atomic E-state index is 12.2. The first-order chi connectivity index (χ1) is 10.0. The fourth-order valence-corrected chi connectivity index (χ4v) is 2.82. The highest BCUT2D eigenvalue weighted by Crippen LogP contribution is 2.38. The van der Waals surface area contributed by atoms with Crippen molar-refractivity contribution >= 4 is 0 Å². The van der Waals surface area contributed by atoms with E-state index in [1.54, 1.807) is 12.1 Å². The molecule has 1 aliphatic heterocycles. The second-order valence-corrected chi connectivity index (χ2v) is 5.64. The van der Waals surface area contributed by atoms with Crippen molar-refractivity contribution in [3.05, 3.63) is 29.8 Å². The van der Waals surface area contributed by atoms with Gasteiger partial charge in [0.05, 0.1) is 6.10 Å². The summed E-state index contributed by atoms with van der Waals surface area (Å²) < 4.78 is 46.3. The van der Waals surface area contributed by atoms with Crippen LogP contribution in [0.25, 0.3) is 0 Å². The molecule has 2 unspecified atom stereocenters. The van der Waals surface area contributed by atoms with Crippen LogP contribution in [0, 0.1) is 5.92 Å². The molecule has 3 nitrogen and oxygen atoms in total. The molecule has 21 heavy (non-hydrogen) atoms. The Balaban J connectivity index is 1.56. The Kier molecular flexibility index (Phi) is 4.08. The van der Waals surface area contributed by atoms with Crippen LogP contribution in [0.2, 0.25) is 0 Å². The molecule has 1 N–H and O–H groups in total. The SMILES string of the molecule is FC(F)(F)Oc1cccc(CNC2CCOC2C2CC2)c1. The zero-order chi connectivity index (χ0) is 14.9. The van der Waals surface area contributed by atoms with E-state index in [1.807, 2.05) is 0 Å².